The summed E-state index contributed by atoms with van der Waals surface area (Å²) in [7, 11) is 2.98. The van der Waals surface area contributed by atoms with Gasteiger partial charge in [0.25, 0.3) is 5.91 Å². The first-order valence-corrected chi connectivity index (χ1v) is 10.8. The zero-order chi connectivity index (χ0) is 24.4. The lowest BCUT2D eigenvalue weighted by Gasteiger charge is -2.18. The molecular formula is C26H27N5O3. The summed E-state index contributed by atoms with van der Waals surface area (Å²) in [6.07, 6.45) is 0. The average molecular weight is 458 g/mol. The van der Waals surface area contributed by atoms with E-state index in [1.54, 1.807) is 19.2 Å². The van der Waals surface area contributed by atoms with E-state index in [1.807, 2.05) is 56.3 Å². The number of nitrogen functional groups attached to an aromatic ring is 1. The van der Waals surface area contributed by atoms with Crippen molar-refractivity contribution in [2.45, 2.75) is 20.4 Å². The van der Waals surface area contributed by atoms with E-state index in [0.717, 1.165) is 44.0 Å². The van der Waals surface area contributed by atoms with Gasteiger partial charge in [-0.2, -0.15) is 0 Å². The lowest BCUT2D eigenvalue weighted by atomic mass is 10.0. The number of nitrogens with zero attached hydrogens (tertiary/aromatic N) is 2. The normalized spacial score (nSPS) is 10.8. The monoisotopic (exact) mass is 457 g/mol. The molecule has 0 radical (unpaired) electrons. The summed E-state index contributed by atoms with van der Waals surface area (Å²) in [6.45, 7) is 4.07. The number of imidazole rings is 1. The molecule has 1 heterocycles. The summed E-state index contributed by atoms with van der Waals surface area (Å²) in [5.41, 5.74) is 12.2. The van der Waals surface area contributed by atoms with Crippen molar-refractivity contribution >= 4 is 28.7 Å². The van der Waals surface area contributed by atoms with E-state index in [1.165, 1.54) is 7.05 Å². The van der Waals surface area contributed by atoms with Crippen LogP contribution in [0.3, 0.4) is 0 Å². The average Bonchev–Trinajstić information content (AvgIpc) is 3.22. The minimum Gasteiger partial charge on any atom is -0.496 e. The molecule has 0 aliphatic carbocycles. The van der Waals surface area contributed by atoms with Crippen molar-refractivity contribution in [2.75, 3.05) is 19.9 Å². The Kier molecular flexibility index (Phi) is 6.23. The van der Waals surface area contributed by atoms with Crippen LogP contribution >= 0.6 is 0 Å². The Morgan fingerprint density at radius 3 is 2.62 bits per heavy atom. The van der Waals surface area contributed by atoms with Gasteiger partial charge in [0.1, 0.15) is 11.6 Å². The molecule has 1 aromatic heterocycles. The Bertz CT molecular complexity index is 1390. The van der Waals surface area contributed by atoms with Crippen LogP contribution in [0.25, 0.3) is 22.2 Å². The van der Waals surface area contributed by atoms with Crippen molar-refractivity contribution in [3.63, 3.8) is 0 Å². The second-order valence-electron chi connectivity index (χ2n) is 8.16. The van der Waals surface area contributed by atoms with Gasteiger partial charge in [0.05, 0.1) is 18.1 Å². The Hall–Kier alpha value is -4.33. The fourth-order valence-corrected chi connectivity index (χ4v) is 3.87. The third-order valence-corrected chi connectivity index (χ3v) is 5.71. The first kappa shape index (κ1) is 22.8. The van der Waals surface area contributed by atoms with Gasteiger partial charge in [0.2, 0.25) is 0 Å². The highest BCUT2D eigenvalue weighted by molar-refractivity contribution is 6.05. The first-order chi connectivity index (χ1) is 16.3. The maximum absolute atomic E-state index is 13.0. The van der Waals surface area contributed by atoms with Crippen LogP contribution in [0.15, 0.2) is 54.6 Å². The fraction of sp³-hybridized carbons (Fsp3) is 0.192. The maximum Gasteiger partial charge on any atom is 0.324 e. The van der Waals surface area contributed by atoms with Gasteiger partial charge in [-0.05, 0) is 55.3 Å². The van der Waals surface area contributed by atoms with Gasteiger partial charge < -0.3 is 20.8 Å². The van der Waals surface area contributed by atoms with Gasteiger partial charge >= 0.3 is 6.03 Å². The molecule has 8 nitrogen and oxygen atoms in total. The summed E-state index contributed by atoms with van der Waals surface area (Å²) >= 11 is 0. The van der Waals surface area contributed by atoms with Gasteiger partial charge in [0.15, 0.2) is 0 Å². The Morgan fingerprint density at radius 1 is 1.09 bits per heavy atom. The van der Waals surface area contributed by atoms with Crippen LogP contribution in [0.5, 0.6) is 5.75 Å². The van der Waals surface area contributed by atoms with E-state index in [0.29, 0.717) is 17.0 Å². The Labute approximate surface area is 197 Å². The number of hydrogen-bond donors (Lipinski definition) is 3. The SMILES string of the molecule is COc1cc(C(=O)N(C)C(=O)NCc2ccc(C)cc2N)ccc1-c1cccc2[nH]c(C)nc12. The summed E-state index contributed by atoms with van der Waals surface area (Å²) < 4.78 is 5.59. The smallest absolute Gasteiger partial charge is 0.324 e. The third-order valence-electron chi connectivity index (χ3n) is 5.71. The molecule has 0 spiro atoms. The Balaban J connectivity index is 1.54. The fourth-order valence-electron chi connectivity index (χ4n) is 3.87. The number of fused-ring (bicyclic) bond motifs is 1. The van der Waals surface area contributed by atoms with Crippen molar-refractivity contribution < 1.29 is 14.3 Å². The van der Waals surface area contributed by atoms with Crippen molar-refractivity contribution in [1.82, 2.24) is 20.2 Å². The highest BCUT2D eigenvalue weighted by Crippen LogP contribution is 2.35. The number of ether oxygens (including phenoxy) is 1. The molecule has 4 aromatic rings. The molecule has 3 aromatic carbocycles. The van der Waals surface area contributed by atoms with E-state index in [2.05, 4.69) is 15.3 Å². The number of para-hydroxylation sites is 1. The number of anilines is 1. The molecule has 4 rings (SSSR count). The Morgan fingerprint density at radius 2 is 1.88 bits per heavy atom. The number of benzene rings is 3. The minimum atomic E-state index is -0.523. The van der Waals surface area contributed by atoms with Crippen LogP contribution in [0.2, 0.25) is 0 Å². The molecule has 34 heavy (non-hydrogen) atoms. The third kappa shape index (κ3) is 4.43. The second-order valence-corrected chi connectivity index (χ2v) is 8.16. The molecule has 4 N–H and O–H groups in total. The predicted molar refractivity (Wildman–Crippen MR) is 133 cm³/mol. The van der Waals surface area contributed by atoms with Gasteiger partial charge in [-0.3, -0.25) is 9.69 Å². The molecule has 0 aliphatic heterocycles. The molecule has 0 unspecified atom stereocenters. The molecule has 0 saturated heterocycles. The van der Waals surface area contributed by atoms with E-state index in [9.17, 15) is 9.59 Å². The van der Waals surface area contributed by atoms with Crippen LogP contribution in [0, 0.1) is 13.8 Å². The molecule has 8 heteroatoms. The van der Waals surface area contributed by atoms with Gasteiger partial charge in [-0.1, -0.05) is 24.3 Å². The molecule has 0 atom stereocenters. The zero-order valence-electron chi connectivity index (χ0n) is 19.6. The molecule has 0 saturated carbocycles. The van der Waals surface area contributed by atoms with Gasteiger partial charge in [-0.25, -0.2) is 9.78 Å². The largest absolute Gasteiger partial charge is 0.496 e. The standard InChI is InChI=1S/C26H27N5O3/c1-15-8-9-18(21(27)12-15)14-28-26(33)31(3)25(32)17-10-11-19(23(13-17)34-4)20-6-5-7-22-24(20)30-16(2)29-22/h5-13H,14,27H2,1-4H3,(H,28,33)(H,29,30). The van der Waals surface area contributed by atoms with E-state index in [-0.39, 0.29) is 6.54 Å². The number of aryl methyl sites for hydroxylation is 2. The van der Waals surface area contributed by atoms with Crippen molar-refractivity contribution in [3.05, 3.63) is 77.1 Å². The summed E-state index contributed by atoms with van der Waals surface area (Å²) in [4.78, 5) is 34.5. The number of amides is 3. The molecule has 0 fully saturated rings. The van der Waals surface area contributed by atoms with Crippen molar-refractivity contribution in [1.29, 1.82) is 0 Å². The lowest BCUT2D eigenvalue weighted by Crippen LogP contribution is -2.40. The molecule has 0 aliphatic rings. The quantitative estimate of drug-likeness (QED) is 0.384. The van der Waals surface area contributed by atoms with Crippen LogP contribution < -0.4 is 15.8 Å². The summed E-state index contributed by atoms with van der Waals surface area (Å²) in [5.74, 6) is 0.876. The van der Waals surface area contributed by atoms with Crippen LogP contribution in [0.1, 0.15) is 27.3 Å². The van der Waals surface area contributed by atoms with Crippen LogP contribution in [-0.4, -0.2) is 41.0 Å². The number of aromatic nitrogens is 2. The van der Waals surface area contributed by atoms with Crippen molar-refractivity contribution in [2.24, 2.45) is 0 Å². The highest BCUT2D eigenvalue weighted by atomic mass is 16.5. The second kappa shape index (κ2) is 9.27. The molecular weight excluding hydrogens is 430 g/mol. The zero-order valence-corrected chi connectivity index (χ0v) is 19.6. The van der Waals surface area contributed by atoms with E-state index < -0.39 is 11.9 Å². The summed E-state index contributed by atoms with van der Waals surface area (Å²) in [5, 5.41) is 2.74. The summed E-state index contributed by atoms with van der Waals surface area (Å²) in [6, 6.07) is 16.1. The number of urea groups is 1. The maximum atomic E-state index is 13.0. The predicted octanol–water partition coefficient (Wildman–Crippen LogP) is 4.42. The number of imide groups is 1. The van der Waals surface area contributed by atoms with Gasteiger partial charge in [0, 0.05) is 36.0 Å². The van der Waals surface area contributed by atoms with Gasteiger partial charge in [-0.15, -0.1) is 0 Å². The molecule has 0 bridgehead atoms. The molecule has 174 valence electrons. The minimum absolute atomic E-state index is 0.220. The number of aromatic amines is 1. The number of H-pyrrole nitrogens is 1. The highest BCUT2D eigenvalue weighted by Gasteiger charge is 2.21. The molecule has 3 amide bonds. The number of methoxy groups -OCH3 is 1. The number of carbonyl (C=O) groups is 2. The number of hydrogen-bond acceptors (Lipinski definition) is 5. The number of carbonyl (C=O) groups excluding carboxylic acids is 2. The number of nitrogens with one attached hydrogen (secondary N) is 2. The van der Waals surface area contributed by atoms with E-state index in [4.69, 9.17) is 10.5 Å². The first-order valence-electron chi connectivity index (χ1n) is 10.8. The van der Waals surface area contributed by atoms with E-state index >= 15 is 0 Å². The topological polar surface area (TPSA) is 113 Å². The van der Waals surface area contributed by atoms with Crippen LogP contribution in [0.4, 0.5) is 10.5 Å². The lowest BCUT2D eigenvalue weighted by molar-refractivity contribution is 0.0830. The van der Waals surface area contributed by atoms with Crippen molar-refractivity contribution in [3.8, 4) is 16.9 Å². The number of nitrogens with two attached hydrogens (primary N) is 1. The van der Waals surface area contributed by atoms with Crippen LogP contribution in [-0.2, 0) is 6.54 Å². The number of rotatable bonds is 5.